The van der Waals surface area contributed by atoms with Crippen LogP contribution < -0.4 is 0 Å². The molecule has 0 radical (unpaired) electrons. The molecule has 0 bridgehead atoms. The first-order valence-electron chi connectivity index (χ1n) is 4.99. The van der Waals surface area contributed by atoms with Gasteiger partial charge in [0.15, 0.2) is 9.84 Å². The predicted octanol–water partition coefficient (Wildman–Crippen LogP) is -0.353. The lowest BCUT2D eigenvalue weighted by Gasteiger charge is -2.43. The highest BCUT2D eigenvalue weighted by atomic mass is 32.2. The van der Waals surface area contributed by atoms with Crippen molar-refractivity contribution in [1.82, 2.24) is 0 Å². The molecular formula is C9H14O5S. The first-order chi connectivity index (χ1) is 6.87. The maximum Gasteiger partial charge on any atom is 0.310 e. The van der Waals surface area contributed by atoms with Gasteiger partial charge >= 0.3 is 5.97 Å². The molecule has 0 spiro atoms. The highest BCUT2D eigenvalue weighted by Gasteiger charge is 2.57. The van der Waals surface area contributed by atoms with Crippen LogP contribution in [0, 0.1) is 11.3 Å². The van der Waals surface area contributed by atoms with Gasteiger partial charge in [0.25, 0.3) is 0 Å². The molecule has 2 N–H and O–H groups in total. The zero-order chi connectivity index (χ0) is 11.3. The summed E-state index contributed by atoms with van der Waals surface area (Å²) in [7, 11) is -3.25. The molecule has 0 aromatic rings. The Hall–Kier alpha value is -0.620. The fourth-order valence-electron chi connectivity index (χ4n) is 2.66. The first kappa shape index (κ1) is 10.9. The Labute approximate surface area is 88.0 Å². The molecule has 1 heterocycles. The largest absolute Gasteiger partial charge is 0.481 e. The lowest BCUT2D eigenvalue weighted by atomic mass is 9.60. The molecule has 0 amide bonds. The molecular weight excluding hydrogens is 220 g/mol. The summed E-state index contributed by atoms with van der Waals surface area (Å²) in [4.78, 5) is 11.1. The molecule has 2 rings (SSSR count). The van der Waals surface area contributed by atoms with Crippen molar-refractivity contribution >= 4 is 15.8 Å². The quantitative estimate of drug-likeness (QED) is 0.681. The maximum atomic E-state index is 11.3. The monoisotopic (exact) mass is 234 g/mol. The first-order valence-corrected chi connectivity index (χ1v) is 6.81. The zero-order valence-corrected chi connectivity index (χ0v) is 9.03. The average Bonchev–Trinajstić information content (AvgIpc) is 2.22. The van der Waals surface area contributed by atoms with E-state index in [1.807, 2.05) is 0 Å². The van der Waals surface area contributed by atoms with Gasteiger partial charge in [0.1, 0.15) is 0 Å². The molecule has 86 valence electrons. The van der Waals surface area contributed by atoms with Crippen molar-refractivity contribution in [1.29, 1.82) is 0 Å². The third-order valence-corrected chi connectivity index (χ3v) is 5.42. The Bertz CT molecular complexity index is 381. The number of carboxylic acids is 1. The van der Waals surface area contributed by atoms with E-state index in [1.54, 1.807) is 0 Å². The molecule has 0 aromatic carbocycles. The van der Waals surface area contributed by atoms with Gasteiger partial charge in [0.05, 0.1) is 23.0 Å². The van der Waals surface area contributed by atoms with E-state index >= 15 is 0 Å². The van der Waals surface area contributed by atoms with Crippen molar-refractivity contribution in [3.8, 4) is 0 Å². The lowest BCUT2D eigenvalue weighted by Crippen LogP contribution is -2.48. The average molecular weight is 234 g/mol. The van der Waals surface area contributed by atoms with Crippen molar-refractivity contribution in [2.75, 3.05) is 11.5 Å². The summed E-state index contributed by atoms with van der Waals surface area (Å²) in [5, 5.41) is 18.8. The third-order valence-electron chi connectivity index (χ3n) is 3.70. The van der Waals surface area contributed by atoms with E-state index < -0.39 is 33.2 Å². The van der Waals surface area contributed by atoms with E-state index in [1.165, 1.54) is 0 Å². The second-order valence-corrected chi connectivity index (χ2v) is 6.72. The Morgan fingerprint density at radius 1 is 1.27 bits per heavy atom. The summed E-state index contributed by atoms with van der Waals surface area (Å²) in [5.41, 5.74) is -0.983. The zero-order valence-electron chi connectivity index (χ0n) is 8.22. The van der Waals surface area contributed by atoms with E-state index in [0.717, 1.165) is 6.42 Å². The van der Waals surface area contributed by atoms with Crippen LogP contribution in [0.15, 0.2) is 0 Å². The smallest absolute Gasteiger partial charge is 0.310 e. The molecule has 5 nitrogen and oxygen atoms in total. The lowest BCUT2D eigenvalue weighted by molar-refractivity contribution is -0.162. The Kier molecular flexibility index (Phi) is 2.31. The Morgan fingerprint density at radius 3 is 2.13 bits per heavy atom. The van der Waals surface area contributed by atoms with Gasteiger partial charge in [-0.05, 0) is 12.8 Å². The molecule has 15 heavy (non-hydrogen) atoms. The van der Waals surface area contributed by atoms with Gasteiger partial charge in [-0.1, -0.05) is 6.42 Å². The standard InChI is InChI=1S/C9H14O5S/c10-7-5-15(13,14)4-6(7)9(8(11)12)2-1-3-9/h6-7,10H,1-5H2,(H,11,12). The van der Waals surface area contributed by atoms with Gasteiger partial charge in [-0.15, -0.1) is 0 Å². The fraction of sp³-hybridized carbons (Fsp3) is 0.889. The van der Waals surface area contributed by atoms with Crippen molar-refractivity contribution in [3.63, 3.8) is 0 Å². The summed E-state index contributed by atoms with van der Waals surface area (Å²) >= 11 is 0. The topological polar surface area (TPSA) is 91.7 Å². The van der Waals surface area contributed by atoms with E-state index in [4.69, 9.17) is 5.11 Å². The minimum absolute atomic E-state index is 0.180. The van der Waals surface area contributed by atoms with Crippen molar-refractivity contribution < 1.29 is 23.4 Å². The van der Waals surface area contributed by atoms with E-state index in [0.29, 0.717) is 12.8 Å². The van der Waals surface area contributed by atoms with Crippen molar-refractivity contribution in [3.05, 3.63) is 0 Å². The molecule has 2 unspecified atom stereocenters. The van der Waals surface area contributed by atoms with Gasteiger partial charge < -0.3 is 10.2 Å². The van der Waals surface area contributed by atoms with Crippen LogP contribution in [0.1, 0.15) is 19.3 Å². The number of aliphatic carboxylic acids is 1. The minimum Gasteiger partial charge on any atom is -0.481 e. The normalized spacial score (nSPS) is 37.1. The predicted molar refractivity (Wildman–Crippen MR) is 52.1 cm³/mol. The van der Waals surface area contributed by atoms with Gasteiger partial charge in [-0.2, -0.15) is 0 Å². The van der Waals surface area contributed by atoms with Crippen LogP contribution in [0.4, 0.5) is 0 Å². The molecule has 2 fully saturated rings. The van der Waals surface area contributed by atoms with Crippen LogP contribution in [0.5, 0.6) is 0 Å². The van der Waals surface area contributed by atoms with Crippen LogP contribution in [0.25, 0.3) is 0 Å². The van der Waals surface area contributed by atoms with Crippen LogP contribution in [0.3, 0.4) is 0 Å². The van der Waals surface area contributed by atoms with Crippen LogP contribution >= 0.6 is 0 Å². The van der Waals surface area contributed by atoms with Crippen molar-refractivity contribution in [2.24, 2.45) is 11.3 Å². The molecule has 1 saturated heterocycles. The number of rotatable bonds is 2. The fourth-order valence-corrected chi connectivity index (χ4v) is 4.63. The number of aliphatic hydroxyl groups excluding tert-OH is 1. The molecule has 6 heteroatoms. The second kappa shape index (κ2) is 3.18. The summed E-state index contributed by atoms with van der Waals surface area (Å²) in [5.74, 6) is -2.05. The number of hydrogen-bond donors (Lipinski definition) is 2. The second-order valence-electron chi connectivity index (χ2n) is 4.57. The van der Waals surface area contributed by atoms with Gasteiger partial charge in [-0.3, -0.25) is 4.79 Å². The van der Waals surface area contributed by atoms with Gasteiger partial charge in [0.2, 0.25) is 0 Å². The number of aliphatic hydroxyl groups is 1. The maximum absolute atomic E-state index is 11.3. The van der Waals surface area contributed by atoms with Crippen LogP contribution in [-0.2, 0) is 14.6 Å². The highest BCUT2D eigenvalue weighted by Crippen LogP contribution is 2.50. The number of hydrogen-bond acceptors (Lipinski definition) is 4. The molecule has 2 aliphatic rings. The van der Waals surface area contributed by atoms with E-state index in [9.17, 15) is 18.3 Å². The number of carbonyl (C=O) groups is 1. The molecule has 2 atom stereocenters. The van der Waals surface area contributed by atoms with E-state index in [-0.39, 0.29) is 11.5 Å². The van der Waals surface area contributed by atoms with Crippen LogP contribution in [-0.4, -0.2) is 42.2 Å². The molecule has 0 aromatic heterocycles. The molecule has 1 aliphatic heterocycles. The summed E-state index contributed by atoms with van der Waals surface area (Å²) in [6.07, 6.45) is 0.765. The Balaban J connectivity index is 2.27. The van der Waals surface area contributed by atoms with Crippen LogP contribution in [0.2, 0.25) is 0 Å². The minimum atomic E-state index is -3.25. The number of sulfone groups is 1. The van der Waals surface area contributed by atoms with Gasteiger partial charge in [0, 0.05) is 5.92 Å². The molecule has 1 aliphatic carbocycles. The summed E-state index contributed by atoms with van der Waals surface area (Å²) in [6.45, 7) is 0. The van der Waals surface area contributed by atoms with Gasteiger partial charge in [-0.25, -0.2) is 8.42 Å². The molecule has 1 saturated carbocycles. The SMILES string of the molecule is O=C(O)C1(C2CS(=O)(=O)CC2O)CCC1. The summed E-state index contributed by atoms with van der Waals surface area (Å²) < 4.78 is 22.6. The number of carboxylic acid groups (broad SMARTS) is 1. The van der Waals surface area contributed by atoms with E-state index in [2.05, 4.69) is 0 Å². The third kappa shape index (κ3) is 1.56. The Morgan fingerprint density at radius 2 is 1.87 bits per heavy atom. The van der Waals surface area contributed by atoms with Crippen molar-refractivity contribution in [2.45, 2.75) is 25.4 Å². The highest BCUT2D eigenvalue weighted by molar-refractivity contribution is 7.91. The summed E-state index contributed by atoms with van der Waals surface area (Å²) in [6, 6.07) is 0.